The zero-order valence-corrected chi connectivity index (χ0v) is 18.0. The Labute approximate surface area is 188 Å². The van der Waals surface area contributed by atoms with E-state index in [1.165, 1.54) is 22.9 Å². The molecule has 0 radical (unpaired) electrons. The molecule has 174 valence electrons. The molecule has 0 bridgehead atoms. The summed E-state index contributed by atoms with van der Waals surface area (Å²) in [5, 5.41) is 10.4. The monoisotopic (exact) mass is 458 g/mol. The summed E-state index contributed by atoms with van der Waals surface area (Å²) in [5.74, 6) is -3.50. The first-order chi connectivity index (χ1) is 15.7. The molecule has 1 saturated heterocycles. The van der Waals surface area contributed by atoms with Crippen molar-refractivity contribution in [3.63, 3.8) is 0 Å². The Kier molecular flexibility index (Phi) is 5.00. The summed E-state index contributed by atoms with van der Waals surface area (Å²) in [7, 11) is 0. The van der Waals surface area contributed by atoms with Crippen LogP contribution in [0.25, 0.3) is 0 Å². The Morgan fingerprint density at radius 1 is 1.24 bits per heavy atom. The van der Waals surface area contributed by atoms with E-state index in [1.807, 2.05) is 6.92 Å². The number of fused-ring (bicyclic) bond motifs is 2. The molecule has 2 fully saturated rings. The lowest BCUT2D eigenvalue weighted by molar-refractivity contribution is -0.0655. The van der Waals surface area contributed by atoms with Gasteiger partial charge in [-0.15, -0.1) is 0 Å². The molecule has 3 atom stereocenters. The van der Waals surface area contributed by atoms with Crippen molar-refractivity contribution in [2.75, 3.05) is 0 Å². The largest absolute Gasteiger partial charge is 0.503 e. The van der Waals surface area contributed by atoms with Crippen LogP contribution in [0.4, 0.5) is 8.78 Å². The van der Waals surface area contributed by atoms with Gasteiger partial charge in [0.05, 0.1) is 6.54 Å². The number of rotatable bonds is 4. The molecule has 2 aliphatic heterocycles. The fraction of sp³-hybridized carbons (Fsp3) is 0.435. The van der Waals surface area contributed by atoms with Gasteiger partial charge in [-0.1, -0.05) is 6.07 Å². The first-order valence-electron chi connectivity index (χ1n) is 11.0. The smallest absolute Gasteiger partial charge is 0.276 e. The number of hydrogen-bond donors (Lipinski definition) is 2. The maximum Gasteiger partial charge on any atom is 0.276 e. The fourth-order valence-electron chi connectivity index (χ4n) is 5.36. The topological polar surface area (TPSA) is 109 Å². The van der Waals surface area contributed by atoms with Gasteiger partial charge in [0.25, 0.3) is 11.8 Å². The van der Waals surface area contributed by atoms with Gasteiger partial charge in [0, 0.05) is 30.4 Å². The van der Waals surface area contributed by atoms with Crippen molar-refractivity contribution < 1.29 is 23.5 Å². The van der Waals surface area contributed by atoms with E-state index in [2.05, 4.69) is 4.90 Å². The molecule has 0 spiro atoms. The Bertz CT molecular complexity index is 1230. The Morgan fingerprint density at radius 2 is 1.97 bits per heavy atom. The lowest BCUT2D eigenvalue weighted by Crippen LogP contribution is -2.67. The van der Waals surface area contributed by atoms with Crippen molar-refractivity contribution in [1.29, 1.82) is 0 Å². The van der Waals surface area contributed by atoms with Crippen molar-refractivity contribution in [2.45, 2.75) is 63.4 Å². The summed E-state index contributed by atoms with van der Waals surface area (Å²) in [5.41, 5.74) is 4.19. The highest BCUT2D eigenvalue weighted by Gasteiger charge is 2.50. The van der Waals surface area contributed by atoms with Crippen molar-refractivity contribution >= 4 is 11.8 Å². The number of aromatic hydroxyl groups is 1. The maximum absolute atomic E-state index is 14.4. The fourth-order valence-corrected chi connectivity index (χ4v) is 5.36. The Balaban J connectivity index is 1.55. The zero-order valence-electron chi connectivity index (χ0n) is 18.0. The standard InChI is InChI=1S/C23H24F2N4O4/c1-11-6-15(7-12-2-3-13(24)8-17(12)25)29(14-4-5-14)18-10-27-9-16(22(26)32)20(30)21(31)19(27)23(33)28(11)18/h2-3,8-9,11,14-15,18,31H,4-7,10H2,1H3,(H2,26,32)/t11-,15?,18+/m0/s1. The minimum atomic E-state index is -0.985. The summed E-state index contributed by atoms with van der Waals surface area (Å²) in [6.07, 6.45) is 3.61. The number of halogens is 2. The highest BCUT2D eigenvalue weighted by atomic mass is 19.1. The quantitative estimate of drug-likeness (QED) is 0.723. The third-order valence-corrected chi connectivity index (χ3v) is 6.93. The van der Waals surface area contributed by atoms with Crippen molar-refractivity contribution in [3.05, 3.63) is 63.1 Å². The van der Waals surface area contributed by atoms with Crippen LogP contribution in [0, 0.1) is 11.6 Å². The van der Waals surface area contributed by atoms with Crippen molar-refractivity contribution in [1.82, 2.24) is 14.4 Å². The van der Waals surface area contributed by atoms with Gasteiger partial charge >= 0.3 is 0 Å². The van der Waals surface area contributed by atoms with Gasteiger partial charge in [-0.05, 0) is 44.2 Å². The third-order valence-electron chi connectivity index (χ3n) is 6.93. The van der Waals surface area contributed by atoms with Crippen LogP contribution in [0.1, 0.15) is 52.6 Å². The predicted molar refractivity (Wildman–Crippen MR) is 114 cm³/mol. The van der Waals surface area contributed by atoms with Crippen molar-refractivity contribution in [3.8, 4) is 5.75 Å². The van der Waals surface area contributed by atoms with Gasteiger partial charge in [-0.25, -0.2) is 8.78 Å². The van der Waals surface area contributed by atoms with Gasteiger partial charge in [0.15, 0.2) is 11.4 Å². The average Bonchev–Trinajstić information content (AvgIpc) is 3.57. The highest BCUT2D eigenvalue weighted by molar-refractivity contribution is 5.98. The van der Waals surface area contributed by atoms with Crippen molar-refractivity contribution in [2.24, 2.45) is 5.73 Å². The molecule has 3 N–H and O–H groups in total. The Hall–Kier alpha value is -3.27. The van der Waals surface area contributed by atoms with E-state index in [4.69, 9.17) is 5.73 Å². The minimum absolute atomic E-state index is 0.0911. The number of aromatic nitrogens is 1. The second kappa shape index (κ2) is 7.65. The van der Waals surface area contributed by atoms with Gasteiger partial charge in [0.2, 0.25) is 5.43 Å². The number of benzene rings is 1. The first-order valence-corrected chi connectivity index (χ1v) is 11.0. The SMILES string of the molecule is C[C@H]1CC(Cc2ccc(F)cc2F)N(C2CC2)[C@@H]2Cn3cc(C(N)=O)c(=O)c(O)c3C(=O)N12. The van der Waals surface area contributed by atoms with Crippen LogP contribution in [0.5, 0.6) is 5.75 Å². The van der Waals surface area contributed by atoms with Gasteiger partial charge in [-0.2, -0.15) is 0 Å². The lowest BCUT2D eigenvalue weighted by atomic mass is 9.91. The molecule has 8 nitrogen and oxygen atoms in total. The third kappa shape index (κ3) is 3.49. The van der Waals surface area contributed by atoms with Gasteiger partial charge in [-0.3, -0.25) is 19.3 Å². The molecule has 1 unspecified atom stereocenters. The molecule has 5 rings (SSSR count). The lowest BCUT2D eigenvalue weighted by Gasteiger charge is -2.54. The molecule has 3 aliphatic rings. The van der Waals surface area contributed by atoms with Crippen LogP contribution in [-0.4, -0.2) is 55.6 Å². The van der Waals surface area contributed by atoms with E-state index >= 15 is 0 Å². The number of amides is 2. The number of nitrogens with zero attached hydrogens (tertiary/aromatic N) is 3. The molecular formula is C23H24F2N4O4. The molecule has 1 aromatic carbocycles. The molecule has 3 heterocycles. The number of primary amides is 1. The van der Waals surface area contributed by atoms with Gasteiger partial charge in [0.1, 0.15) is 23.4 Å². The second-order valence-electron chi connectivity index (χ2n) is 9.14. The molecule has 2 amide bonds. The summed E-state index contributed by atoms with van der Waals surface area (Å²) >= 11 is 0. The first kappa shape index (κ1) is 21.6. The molecule has 1 saturated carbocycles. The van der Waals surface area contributed by atoms with Crippen LogP contribution in [0.2, 0.25) is 0 Å². The van der Waals surface area contributed by atoms with Crippen LogP contribution in [-0.2, 0) is 13.0 Å². The van der Waals surface area contributed by atoms with E-state index < -0.39 is 40.8 Å². The highest BCUT2D eigenvalue weighted by Crippen LogP contribution is 2.41. The zero-order chi connectivity index (χ0) is 23.6. The van der Waals surface area contributed by atoms with E-state index in [-0.39, 0.29) is 35.9 Å². The van der Waals surface area contributed by atoms with E-state index in [0.29, 0.717) is 18.4 Å². The number of hydrogen-bond acceptors (Lipinski definition) is 5. The molecule has 2 aromatic rings. The molecule has 33 heavy (non-hydrogen) atoms. The number of carbonyl (C=O) groups excluding carboxylic acids is 2. The molecule has 1 aliphatic carbocycles. The predicted octanol–water partition coefficient (Wildman–Crippen LogP) is 1.58. The Morgan fingerprint density at radius 3 is 2.61 bits per heavy atom. The average molecular weight is 458 g/mol. The van der Waals surface area contributed by atoms with E-state index in [0.717, 1.165) is 18.9 Å². The normalized spacial score (nSPS) is 25.0. The second-order valence-corrected chi connectivity index (χ2v) is 9.14. The number of carbonyl (C=O) groups is 2. The summed E-state index contributed by atoms with van der Waals surface area (Å²) in [6.45, 7) is 2.10. The van der Waals surface area contributed by atoms with Crippen LogP contribution in [0.15, 0.2) is 29.2 Å². The number of pyridine rings is 1. The van der Waals surface area contributed by atoms with Gasteiger partial charge < -0.3 is 20.3 Å². The van der Waals surface area contributed by atoms with Crippen LogP contribution < -0.4 is 11.2 Å². The van der Waals surface area contributed by atoms with Crippen LogP contribution >= 0.6 is 0 Å². The maximum atomic E-state index is 14.4. The molecular weight excluding hydrogens is 434 g/mol. The van der Waals surface area contributed by atoms with E-state index in [9.17, 15) is 28.3 Å². The van der Waals surface area contributed by atoms with Crippen LogP contribution in [0.3, 0.4) is 0 Å². The summed E-state index contributed by atoms with van der Waals surface area (Å²) in [6, 6.07) is 3.44. The summed E-state index contributed by atoms with van der Waals surface area (Å²) in [4.78, 5) is 41.3. The van der Waals surface area contributed by atoms with E-state index in [1.54, 1.807) is 4.90 Å². The number of nitrogens with two attached hydrogens (primary N) is 1. The molecule has 1 aromatic heterocycles. The minimum Gasteiger partial charge on any atom is -0.503 e. The summed E-state index contributed by atoms with van der Waals surface area (Å²) < 4.78 is 29.2. The molecule has 10 heteroatoms.